The fourth-order valence-corrected chi connectivity index (χ4v) is 1.86. The van der Waals surface area contributed by atoms with Gasteiger partial charge >= 0.3 is 12.0 Å². The summed E-state index contributed by atoms with van der Waals surface area (Å²) in [7, 11) is 0. The van der Waals surface area contributed by atoms with Gasteiger partial charge in [-0.05, 0) is 38.2 Å². The van der Waals surface area contributed by atoms with Crippen LogP contribution in [0.1, 0.15) is 40.0 Å². The predicted molar refractivity (Wildman–Crippen MR) is 75.1 cm³/mol. The maximum atomic E-state index is 11.8. The fourth-order valence-electron chi connectivity index (χ4n) is 1.39. The summed E-state index contributed by atoms with van der Waals surface area (Å²) in [5.41, 5.74) is -0.285. The van der Waals surface area contributed by atoms with Crippen LogP contribution in [0.15, 0.2) is 0 Å². The molecule has 0 aromatic rings. The molecule has 0 saturated carbocycles. The summed E-state index contributed by atoms with van der Waals surface area (Å²) in [6.07, 6.45) is 3.95. The van der Waals surface area contributed by atoms with Crippen LogP contribution in [-0.2, 0) is 4.79 Å². The topological polar surface area (TPSA) is 78.4 Å². The van der Waals surface area contributed by atoms with Crippen LogP contribution in [0.2, 0.25) is 0 Å². The molecule has 0 aliphatic heterocycles. The van der Waals surface area contributed by atoms with Gasteiger partial charge in [0.05, 0.1) is 0 Å². The molecule has 0 bridgehead atoms. The molecule has 2 amide bonds. The summed E-state index contributed by atoms with van der Waals surface area (Å²) < 4.78 is 0. The molecule has 5 nitrogen and oxygen atoms in total. The van der Waals surface area contributed by atoms with Gasteiger partial charge in [-0.2, -0.15) is 11.8 Å². The maximum absolute atomic E-state index is 11.8. The highest BCUT2D eigenvalue weighted by Gasteiger charge is 2.25. The highest BCUT2D eigenvalue weighted by Crippen LogP contribution is 2.13. The number of rotatable bonds is 8. The summed E-state index contributed by atoms with van der Waals surface area (Å²) in [5, 5.41) is 14.4. The minimum Gasteiger partial charge on any atom is -0.480 e. The van der Waals surface area contributed by atoms with Gasteiger partial charge in [-0.15, -0.1) is 0 Å². The Morgan fingerprint density at radius 2 is 1.89 bits per heavy atom. The molecule has 106 valence electrons. The number of carbonyl (C=O) groups is 2. The van der Waals surface area contributed by atoms with E-state index < -0.39 is 18.0 Å². The van der Waals surface area contributed by atoms with E-state index in [1.807, 2.05) is 27.0 Å². The summed E-state index contributed by atoms with van der Waals surface area (Å²) in [6, 6.07) is -1.23. The molecule has 0 radical (unpaired) electrons. The molecule has 0 spiro atoms. The highest BCUT2D eigenvalue weighted by molar-refractivity contribution is 7.98. The zero-order chi connectivity index (χ0) is 14.2. The number of amides is 2. The molecule has 0 saturated heterocycles. The Bertz CT molecular complexity index is 280. The molecule has 0 aliphatic rings. The number of nitrogens with one attached hydrogen (secondary N) is 2. The summed E-state index contributed by atoms with van der Waals surface area (Å²) in [5.74, 6) is -0.287. The van der Waals surface area contributed by atoms with E-state index >= 15 is 0 Å². The molecule has 0 rings (SSSR count). The van der Waals surface area contributed by atoms with E-state index in [0.717, 1.165) is 12.8 Å². The Hall–Kier alpha value is -0.910. The first-order chi connectivity index (χ1) is 8.38. The van der Waals surface area contributed by atoms with E-state index in [1.165, 1.54) is 0 Å². The largest absolute Gasteiger partial charge is 0.480 e. The van der Waals surface area contributed by atoms with E-state index in [1.54, 1.807) is 11.8 Å². The van der Waals surface area contributed by atoms with Crippen LogP contribution in [-0.4, -0.2) is 40.7 Å². The standard InChI is InChI=1S/C12H24N2O3S/c1-5-12(3,6-2)14-11(17)13-9(10(15)16)7-8-18-4/h9H,5-8H2,1-4H3,(H,15,16)(H2,13,14,17)/t9-/m1/s1. The van der Waals surface area contributed by atoms with Crippen LogP contribution in [0, 0.1) is 0 Å². The molecule has 0 heterocycles. The first-order valence-electron chi connectivity index (χ1n) is 6.19. The van der Waals surface area contributed by atoms with Crippen LogP contribution < -0.4 is 10.6 Å². The third-order valence-corrected chi connectivity index (χ3v) is 3.83. The van der Waals surface area contributed by atoms with Gasteiger partial charge in [-0.3, -0.25) is 0 Å². The lowest BCUT2D eigenvalue weighted by Gasteiger charge is -2.29. The van der Waals surface area contributed by atoms with Gasteiger partial charge in [-0.25, -0.2) is 9.59 Å². The van der Waals surface area contributed by atoms with Gasteiger partial charge in [0.2, 0.25) is 0 Å². The van der Waals surface area contributed by atoms with Crippen molar-refractivity contribution in [1.29, 1.82) is 0 Å². The van der Waals surface area contributed by atoms with Crippen molar-refractivity contribution in [3.05, 3.63) is 0 Å². The number of carboxylic acids is 1. The third-order valence-electron chi connectivity index (χ3n) is 3.19. The molecule has 6 heteroatoms. The lowest BCUT2D eigenvalue weighted by molar-refractivity contribution is -0.139. The lowest BCUT2D eigenvalue weighted by atomic mass is 9.96. The highest BCUT2D eigenvalue weighted by atomic mass is 32.2. The quantitative estimate of drug-likeness (QED) is 0.634. The van der Waals surface area contributed by atoms with Gasteiger partial charge in [0, 0.05) is 5.54 Å². The molecule has 1 atom stereocenters. The van der Waals surface area contributed by atoms with Crippen LogP contribution >= 0.6 is 11.8 Å². The number of carboxylic acid groups (broad SMARTS) is 1. The molecular weight excluding hydrogens is 252 g/mol. The first kappa shape index (κ1) is 17.1. The van der Waals surface area contributed by atoms with Gasteiger partial charge in [-0.1, -0.05) is 13.8 Å². The second-order valence-electron chi connectivity index (χ2n) is 4.54. The lowest BCUT2D eigenvalue weighted by Crippen LogP contribution is -2.53. The number of urea groups is 1. The Morgan fingerprint density at radius 3 is 2.28 bits per heavy atom. The summed E-state index contributed by atoms with van der Waals surface area (Å²) >= 11 is 1.56. The number of thioether (sulfide) groups is 1. The molecule has 0 fully saturated rings. The molecule has 0 aliphatic carbocycles. The number of hydrogen-bond acceptors (Lipinski definition) is 3. The minimum absolute atomic E-state index is 0.285. The van der Waals surface area contributed by atoms with Crippen molar-refractivity contribution in [3.8, 4) is 0 Å². The smallest absolute Gasteiger partial charge is 0.326 e. The Kier molecular flexibility index (Phi) is 7.82. The van der Waals surface area contributed by atoms with Crippen molar-refractivity contribution in [3.63, 3.8) is 0 Å². The molecule has 0 unspecified atom stereocenters. The van der Waals surface area contributed by atoms with Crippen LogP contribution in [0.25, 0.3) is 0 Å². The average Bonchev–Trinajstić information content (AvgIpc) is 2.33. The van der Waals surface area contributed by atoms with E-state index in [2.05, 4.69) is 10.6 Å². The van der Waals surface area contributed by atoms with Crippen molar-refractivity contribution < 1.29 is 14.7 Å². The second-order valence-corrected chi connectivity index (χ2v) is 5.52. The normalized spacial score (nSPS) is 12.9. The molecule has 18 heavy (non-hydrogen) atoms. The SMILES string of the molecule is CCC(C)(CC)NC(=O)N[C@H](CCSC)C(=O)O. The van der Waals surface area contributed by atoms with Crippen LogP contribution in [0.3, 0.4) is 0 Å². The summed E-state index contributed by atoms with van der Waals surface area (Å²) in [6.45, 7) is 5.93. The van der Waals surface area contributed by atoms with E-state index in [4.69, 9.17) is 5.11 Å². The number of carbonyl (C=O) groups excluding carboxylic acids is 1. The van der Waals surface area contributed by atoms with Crippen molar-refractivity contribution in [1.82, 2.24) is 10.6 Å². The first-order valence-corrected chi connectivity index (χ1v) is 7.58. The van der Waals surface area contributed by atoms with Gasteiger partial charge < -0.3 is 15.7 Å². The third kappa shape index (κ3) is 6.14. The van der Waals surface area contributed by atoms with Crippen molar-refractivity contribution in [2.45, 2.75) is 51.6 Å². The Balaban J connectivity index is 4.37. The van der Waals surface area contributed by atoms with E-state index in [-0.39, 0.29) is 5.54 Å². The van der Waals surface area contributed by atoms with Gasteiger partial charge in [0.1, 0.15) is 6.04 Å². The van der Waals surface area contributed by atoms with Gasteiger partial charge in [0.15, 0.2) is 0 Å². The number of aliphatic carboxylic acids is 1. The maximum Gasteiger partial charge on any atom is 0.326 e. The van der Waals surface area contributed by atoms with Crippen molar-refractivity contribution in [2.24, 2.45) is 0 Å². The van der Waals surface area contributed by atoms with Gasteiger partial charge in [0.25, 0.3) is 0 Å². The fraction of sp³-hybridized carbons (Fsp3) is 0.833. The van der Waals surface area contributed by atoms with E-state index in [0.29, 0.717) is 12.2 Å². The van der Waals surface area contributed by atoms with Crippen molar-refractivity contribution in [2.75, 3.05) is 12.0 Å². The number of hydrogen-bond donors (Lipinski definition) is 3. The molecule has 0 aromatic carbocycles. The van der Waals surface area contributed by atoms with E-state index in [9.17, 15) is 9.59 Å². The average molecular weight is 276 g/mol. The zero-order valence-electron chi connectivity index (χ0n) is 11.6. The van der Waals surface area contributed by atoms with Crippen LogP contribution in [0.4, 0.5) is 4.79 Å². The Labute approximate surface area is 113 Å². The second kappa shape index (κ2) is 8.24. The zero-order valence-corrected chi connectivity index (χ0v) is 12.4. The van der Waals surface area contributed by atoms with Crippen molar-refractivity contribution >= 4 is 23.8 Å². The van der Waals surface area contributed by atoms with Crippen LogP contribution in [0.5, 0.6) is 0 Å². The molecular formula is C12H24N2O3S. The summed E-state index contributed by atoms with van der Waals surface area (Å²) in [4.78, 5) is 22.8. The molecule has 3 N–H and O–H groups in total. The monoisotopic (exact) mass is 276 g/mol. The minimum atomic E-state index is -0.992. The Morgan fingerprint density at radius 1 is 1.33 bits per heavy atom. The predicted octanol–water partition coefficient (Wildman–Crippen LogP) is 2.07. The molecule has 0 aromatic heterocycles.